The van der Waals surface area contributed by atoms with E-state index in [-0.39, 0.29) is 17.5 Å². The molecule has 1 aliphatic rings. The van der Waals surface area contributed by atoms with Crippen LogP contribution in [0.4, 0.5) is 0 Å². The molecule has 19 heavy (non-hydrogen) atoms. The quantitative estimate of drug-likeness (QED) is 0.887. The Bertz CT molecular complexity index is 537. The fourth-order valence-corrected chi connectivity index (χ4v) is 4.60. The minimum atomic E-state index is -3.48. The lowest BCUT2D eigenvalue weighted by atomic mass is 10.1. The van der Waals surface area contributed by atoms with Crippen LogP contribution in [0.3, 0.4) is 0 Å². The Labute approximate surface area is 118 Å². The van der Waals surface area contributed by atoms with Crippen LogP contribution in [0.5, 0.6) is 0 Å². The summed E-state index contributed by atoms with van der Waals surface area (Å²) in [5, 5.41) is 9.21. The number of benzene rings is 1. The number of aliphatic hydroxyl groups is 1. The number of thioether (sulfide) groups is 1. The normalized spacial score (nSPS) is 20.4. The number of hydrogen-bond acceptors (Lipinski definition) is 4. The van der Waals surface area contributed by atoms with Gasteiger partial charge in [0.05, 0.1) is 11.5 Å². The fraction of sp³-hybridized carbons (Fsp3) is 0.538. The van der Waals surface area contributed by atoms with Crippen LogP contribution in [-0.4, -0.2) is 31.1 Å². The molecule has 1 aliphatic heterocycles. The maximum atomic E-state index is 12.3. The molecule has 6 heteroatoms. The van der Waals surface area contributed by atoms with Gasteiger partial charge in [-0.25, -0.2) is 13.1 Å². The van der Waals surface area contributed by atoms with Gasteiger partial charge in [-0.15, -0.1) is 0 Å². The maximum Gasteiger partial charge on any atom is 0.240 e. The van der Waals surface area contributed by atoms with Crippen molar-refractivity contribution in [1.29, 1.82) is 0 Å². The van der Waals surface area contributed by atoms with Crippen LogP contribution in [0.15, 0.2) is 23.1 Å². The third kappa shape index (κ3) is 3.72. The summed E-state index contributed by atoms with van der Waals surface area (Å²) in [7, 11) is -3.48. The van der Waals surface area contributed by atoms with Gasteiger partial charge < -0.3 is 5.11 Å². The summed E-state index contributed by atoms with van der Waals surface area (Å²) >= 11 is 1.78. The first-order valence-electron chi connectivity index (χ1n) is 6.33. The summed E-state index contributed by atoms with van der Waals surface area (Å²) in [4.78, 5) is 0.234. The maximum absolute atomic E-state index is 12.3. The van der Waals surface area contributed by atoms with E-state index in [0.717, 1.165) is 29.9 Å². The lowest BCUT2D eigenvalue weighted by Gasteiger charge is -2.22. The van der Waals surface area contributed by atoms with E-state index in [4.69, 9.17) is 0 Å². The molecule has 2 N–H and O–H groups in total. The van der Waals surface area contributed by atoms with Gasteiger partial charge in [0.15, 0.2) is 0 Å². The molecular weight excluding hydrogens is 282 g/mol. The number of aliphatic hydroxyl groups excluding tert-OH is 1. The highest BCUT2D eigenvalue weighted by atomic mass is 32.2. The second-order valence-electron chi connectivity index (χ2n) is 4.78. The average molecular weight is 301 g/mol. The highest BCUT2D eigenvalue weighted by Crippen LogP contribution is 2.20. The van der Waals surface area contributed by atoms with Crippen molar-refractivity contribution < 1.29 is 13.5 Å². The summed E-state index contributed by atoms with van der Waals surface area (Å²) in [6.45, 7) is 1.71. The molecule has 4 nitrogen and oxygen atoms in total. The van der Waals surface area contributed by atoms with Crippen molar-refractivity contribution >= 4 is 21.8 Å². The van der Waals surface area contributed by atoms with Crippen molar-refractivity contribution in [2.24, 2.45) is 0 Å². The van der Waals surface area contributed by atoms with Gasteiger partial charge in [-0.2, -0.15) is 11.8 Å². The molecule has 1 atom stereocenters. The minimum Gasteiger partial charge on any atom is -0.392 e. The van der Waals surface area contributed by atoms with Gasteiger partial charge in [-0.05, 0) is 48.8 Å². The molecule has 0 aliphatic carbocycles. The van der Waals surface area contributed by atoms with E-state index in [1.54, 1.807) is 30.0 Å². The van der Waals surface area contributed by atoms with Crippen LogP contribution in [-0.2, 0) is 16.6 Å². The molecule has 2 rings (SSSR count). The van der Waals surface area contributed by atoms with Crippen LogP contribution in [0.2, 0.25) is 0 Å². The monoisotopic (exact) mass is 301 g/mol. The first kappa shape index (κ1) is 14.8. The molecule has 1 fully saturated rings. The zero-order valence-corrected chi connectivity index (χ0v) is 12.6. The average Bonchev–Trinajstić information content (AvgIpc) is 2.39. The minimum absolute atomic E-state index is 0.0163. The molecule has 0 aromatic heterocycles. The van der Waals surface area contributed by atoms with Gasteiger partial charge >= 0.3 is 0 Å². The first-order valence-corrected chi connectivity index (χ1v) is 8.97. The van der Waals surface area contributed by atoms with Gasteiger partial charge in [0.1, 0.15) is 0 Å². The Balaban J connectivity index is 2.18. The van der Waals surface area contributed by atoms with Crippen molar-refractivity contribution in [2.75, 3.05) is 11.5 Å². The molecule has 106 valence electrons. The van der Waals surface area contributed by atoms with Crippen molar-refractivity contribution in [1.82, 2.24) is 4.72 Å². The van der Waals surface area contributed by atoms with Gasteiger partial charge in [-0.3, -0.25) is 0 Å². The number of rotatable bonds is 4. The highest BCUT2D eigenvalue weighted by molar-refractivity contribution is 7.99. The van der Waals surface area contributed by atoms with E-state index >= 15 is 0 Å². The van der Waals surface area contributed by atoms with Crippen LogP contribution >= 0.6 is 11.8 Å². The fourth-order valence-electron chi connectivity index (χ4n) is 2.11. The van der Waals surface area contributed by atoms with Gasteiger partial charge in [0.25, 0.3) is 0 Å². The first-order chi connectivity index (χ1) is 9.03. The number of aryl methyl sites for hydroxylation is 1. The molecular formula is C13H19NO3S2. The number of nitrogens with one attached hydrogen (secondary N) is 1. The zero-order chi connectivity index (χ0) is 13.9. The van der Waals surface area contributed by atoms with Crippen LogP contribution in [0.25, 0.3) is 0 Å². The summed E-state index contributed by atoms with van der Waals surface area (Å²) in [5.41, 5.74) is 1.55. The van der Waals surface area contributed by atoms with Gasteiger partial charge in [0, 0.05) is 11.8 Å². The third-order valence-electron chi connectivity index (χ3n) is 3.28. The van der Waals surface area contributed by atoms with Crippen LogP contribution in [0.1, 0.15) is 24.0 Å². The molecule has 0 spiro atoms. The smallest absolute Gasteiger partial charge is 0.240 e. The van der Waals surface area contributed by atoms with E-state index in [0.29, 0.717) is 5.56 Å². The van der Waals surface area contributed by atoms with E-state index in [1.165, 1.54) is 0 Å². The van der Waals surface area contributed by atoms with Crippen molar-refractivity contribution in [2.45, 2.75) is 37.3 Å². The van der Waals surface area contributed by atoms with Gasteiger partial charge in [-0.1, -0.05) is 6.07 Å². The van der Waals surface area contributed by atoms with E-state index in [2.05, 4.69) is 4.72 Å². The predicted molar refractivity (Wildman–Crippen MR) is 77.8 cm³/mol. The standard InChI is InChI=1S/C13H19NO3S2/c1-10-4-5-13(7-11(10)8-15)19(16,17)14-12-3-2-6-18-9-12/h4-5,7,12,14-15H,2-3,6,8-9H2,1H3. The Morgan fingerprint density at radius 1 is 1.47 bits per heavy atom. The molecule has 0 radical (unpaired) electrons. The number of hydrogen-bond donors (Lipinski definition) is 2. The lowest BCUT2D eigenvalue weighted by Crippen LogP contribution is -2.38. The Morgan fingerprint density at radius 2 is 2.26 bits per heavy atom. The summed E-state index contributed by atoms with van der Waals surface area (Å²) in [6.07, 6.45) is 1.94. The molecule has 1 saturated heterocycles. The van der Waals surface area contributed by atoms with Crippen LogP contribution < -0.4 is 4.72 Å². The molecule has 0 saturated carbocycles. The molecule has 1 aromatic carbocycles. The van der Waals surface area contributed by atoms with Crippen molar-refractivity contribution in [3.63, 3.8) is 0 Å². The van der Waals surface area contributed by atoms with E-state index < -0.39 is 10.0 Å². The lowest BCUT2D eigenvalue weighted by molar-refractivity contribution is 0.280. The Morgan fingerprint density at radius 3 is 2.89 bits per heavy atom. The molecule has 0 amide bonds. The van der Waals surface area contributed by atoms with Crippen molar-refractivity contribution in [3.05, 3.63) is 29.3 Å². The number of sulfonamides is 1. The largest absolute Gasteiger partial charge is 0.392 e. The second-order valence-corrected chi connectivity index (χ2v) is 7.65. The second kappa shape index (κ2) is 6.26. The molecule has 1 heterocycles. The van der Waals surface area contributed by atoms with Gasteiger partial charge in [0.2, 0.25) is 10.0 Å². The SMILES string of the molecule is Cc1ccc(S(=O)(=O)NC2CCCSC2)cc1CO. The van der Waals surface area contributed by atoms with Crippen molar-refractivity contribution in [3.8, 4) is 0 Å². The Kier molecular flexibility index (Phi) is 4.89. The predicted octanol–water partition coefficient (Wildman–Crippen LogP) is 1.66. The highest BCUT2D eigenvalue weighted by Gasteiger charge is 2.22. The topological polar surface area (TPSA) is 66.4 Å². The Hall–Kier alpha value is -0.560. The third-order valence-corrected chi connectivity index (χ3v) is 6.02. The molecule has 1 aromatic rings. The van der Waals surface area contributed by atoms with Crippen LogP contribution in [0, 0.1) is 6.92 Å². The summed E-state index contributed by atoms with van der Waals surface area (Å²) in [6, 6.07) is 4.89. The summed E-state index contributed by atoms with van der Waals surface area (Å²) < 4.78 is 27.3. The molecule has 1 unspecified atom stereocenters. The zero-order valence-electron chi connectivity index (χ0n) is 10.9. The van der Waals surface area contributed by atoms with E-state index in [1.807, 2.05) is 6.92 Å². The molecule has 0 bridgehead atoms. The summed E-state index contributed by atoms with van der Waals surface area (Å²) in [5.74, 6) is 1.94. The van der Waals surface area contributed by atoms with E-state index in [9.17, 15) is 13.5 Å².